The van der Waals surface area contributed by atoms with Crippen LogP contribution in [0.1, 0.15) is 45.7 Å². The van der Waals surface area contributed by atoms with Gasteiger partial charge in [0.1, 0.15) is 0 Å². The van der Waals surface area contributed by atoms with Gasteiger partial charge >= 0.3 is 0 Å². The maximum absolute atomic E-state index is 10.6. The minimum Gasteiger partial charge on any atom is -0.370 e. The summed E-state index contributed by atoms with van der Waals surface area (Å²) in [7, 11) is 0. The summed E-state index contributed by atoms with van der Waals surface area (Å²) >= 11 is 0. The lowest BCUT2D eigenvalue weighted by molar-refractivity contribution is -0.118. The first-order valence-electron chi connectivity index (χ1n) is 6.41. The highest BCUT2D eigenvalue weighted by molar-refractivity contribution is 5.73. The number of nitrogens with zero attached hydrogens (tertiary/aromatic N) is 2. The Balaban J connectivity index is 2.37. The highest BCUT2D eigenvalue weighted by Crippen LogP contribution is 2.06. The number of nitrogens with two attached hydrogens (primary N) is 1. The Kier molecular flexibility index (Phi) is 5.34. The summed E-state index contributed by atoms with van der Waals surface area (Å²) in [6.45, 7) is 8.11. The number of imidazole rings is 1. The molecule has 102 valence electrons. The lowest BCUT2D eigenvalue weighted by Crippen LogP contribution is -2.35. The molecule has 1 amide bonds. The molecule has 1 heterocycles. The van der Waals surface area contributed by atoms with Crippen LogP contribution in [0.3, 0.4) is 0 Å². The number of amides is 1. The summed E-state index contributed by atoms with van der Waals surface area (Å²) in [5.74, 6) is -0.227. The predicted molar refractivity (Wildman–Crippen MR) is 71.9 cm³/mol. The SMILES string of the molecule is CC(C)(C)NCc1cncn1CCCCC(N)=O. The first kappa shape index (κ1) is 14.7. The van der Waals surface area contributed by atoms with Gasteiger partial charge in [-0.25, -0.2) is 4.98 Å². The number of primary amides is 1. The monoisotopic (exact) mass is 252 g/mol. The highest BCUT2D eigenvalue weighted by Gasteiger charge is 2.10. The van der Waals surface area contributed by atoms with E-state index in [-0.39, 0.29) is 11.4 Å². The van der Waals surface area contributed by atoms with E-state index in [0.29, 0.717) is 6.42 Å². The Morgan fingerprint density at radius 2 is 2.17 bits per heavy atom. The van der Waals surface area contributed by atoms with E-state index in [1.54, 1.807) is 0 Å². The fraction of sp³-hybridized carbons (Fsp3) is 0.692. The van der Waals surface area contributed by atoms with Gasteiger partial charge in [0.05, 0.1) is 12.0 Å². The van der Waals surface area contributed by atoms with Gasteiger partial charge in [0, 0.05) is 31.2 Å². The van der Waals surface area contributed by atoms with Crippen molar-refractivity contribution in [3.63, 3.8) is 0 Å². The van der Waals surface area contributed by atoms with Crippen LogP contribution in [0.2, 0.25) is 0 Å². The van der Waals surface area contributed by atoms with Gasteiger partial charge in [-0.1, -0.05) is 0 Å². The molecule has 0 saturated heterocycles. The fourth-order valence-corrected chi connectivity index (χ4v) is 1.63. The van der Waals surface area contributed by atoms with Gasteiger partial charge in [-0.05, 0) is 33.6 Å². The first-order valence-corrected chi connectivity index (χ1v) is 6.41. The molecule has 0 saturated carbocycles. The van der Waals surface area contributed by atoms with Crippen molar-refractivity contribution < 1.29 is 4.79 Å². The number of rotatable bonds is 7. The van der Waals surface area contributed by atoms with Gasteiger partial charge in [0.2, 0.25) is 5.91 Å². The zero-order chi connectivity index (χ0) is 13.6. The number of aryl methyl sites for hydroxylation is 1. The van der Waals surface area contributed by atoms with Gasteiger partial charge in [0.15, 0.2) is 0 Å². The van der Waals surface area contributed by atoms with Crippen molar-refractivity contribution >= 4 is 5.91 Å². The molecule has 18 heavy (non-hydrogen) atoms. The van der Waals surface area contributed by atoms with E-state index < -0.39 is 0 Å². The molecule has 3 N–H and O–H groups in total. The maximum atomic E-state index is 10.6. The quantitative estimate of drug-likeness (QED) is 0.721. The van der Waals surface area contributed by atoms with Crippen LogP contribution in [0.5, 0.6) is 0 Å². The number of carbonyl (C=O) groups excluding carboxylic acids is 1. The number of nitrogens with one attached hydrogen (secondary N) is 1. The Morgan fingerprint density at radius 3 is 2.78 bits per heavy atom. The molecule has 0 aliphatic carbocycles. The summed E-state index contributed by atoms with van der Waals surface area (Å²) in [4.78, 5) is 14.8. The van der Waals surface area contributed by atoms with Crippen molar-refractivity contribution in [3.8, 4) is 0 Å². The van der Waals surface area contributed by atoms with Crippen LogP contribution in [-0.4, -0.2) is 21.0 Å². The molecule has 0 atom stereocenters. The minimum atomic E-state index is -0.227. The molecule has 0 aromatic carbocycles. The van der Waals surface area contributed by atoms with Crippen LogP contribution in [0.4, 0.5) is 0 Å². The molecular formula is C13H24N4O. The van der Waals surface area contributed by atoms with Crippen LogP contribution in [0, 0.1) is 0 Å². The Bertz CT molecular complexity index is 379. The predicted octanol–water partition coefficient (Wildman–Crippen LogP) is 1.43. The lowest BCUT2D eigenvalue weighted by Gasteiger charge is -2.20. The molecule has 0 aliphatic rings. The van der Waals surface area contributed by atoms with Crippen LogP contribution < -0.4 is 11.1 Å². The second kappa shape index (κ2) is 6.54. The number of aromatic nitrogens is 2. The summed E-state index contributed by atoms with van der Waals surface area (Å²) in [6, 6.07) is 0. The van der Waals surface area contributed by atoms with Crippen LogP contribution >= 0.6 is 0 Å². The molecule has 0 aliphatic heterocycles. The summed E-state index contributed by atoms with van der Waals surface area (Å²) in [6.07, 6.45) is 5.96. The van der Waals surface area contributed by atoms with Gasteiger partial charge < -0.3 is 15.6 Å². The van der Waals surface area contributed by atoms with E-state index in [0.717, 1.165) is 25.9 Å². The van der Waals surface area contributed by atoms with Crippen molar-refractivity contribution in [3.05, 3.63) is 18.2 Å². The fourth-order valence-electron chi connectivity index (χ4n) is 1.63. The topological polar surface area (TPSA) is 72.9 Å². The van der Waals surface area contributed by atoms with Gasteiger partial charge in [0.25, 0.3) is 0 Å². The normalized spacial score (nSPS) is 11.7. The molecule has 5 heteroatoms. The number of hydrogen-bond donors (Lipinski definition) is 2. The zero-order valence-corrected chi connectivity index (χ0v) is 11.6. The number of carbonyl (C=O) groups is 1. The molecule has 5 nitrogen and oxygen atoms in total. The van der Waals surface area contributed by atoms with E-state index in [9.17, 15) is 4.79 Å². The van der Waals surface area contributed by atoms with Gasteiger partial charge in [-0.3, -0.25) is 4.79 Å². The van der Waals surface area contributed by atoms with Crippen molar-refractivity contribution in [2.24, 2.45) is 5.73 Å². The Morgan fingerprint density at radius 1 is 1.44 bits per heavy atom. The molecule has 0 radical (unpaired) electrons. The highest BCUT2D eigenvalue weighted by atomic mass is 16.1. The summed E-state index contributed by atoms with van der Waals surface area (Å²) in [5, 5.41) is 3.44. The average Bonchev–Trinajstić information content (AvgIpc) is 2.68. The van der Waals surface area contributed by atoms with Crippen LogP contribution in [-0.2, 0) is 17.9 Å². The average molecular weight is 252 g/mol. The molecule has 1 aromatic heterocycles. The lowest BCUT2D eigenvalue weighted by atomic mass is 10.1. The van der Waals surface area contributed by atoms with E-state index in [4.69, 9.17) is 5.73 Å². The minimum absolute atomic E-state index is 0.0983. The molecule has 0 spiro atoms. The molecule has 0 unspecified atom stereocenters. The van der Waals surface area contributed by atoms with E-state index in [1.807, 2.05) is 12.5 Å². The Hall–Kier alpha value is -1.36. The molecule has 0 fully saturated rings. The zero-order valence-electron chi connectivity index (χ0n) is 11.6. The van der Waals surface area contributed by atoms with Crippen molar-refractivity contribution in [1.29, 1.82) is 0 Å². The standard InChI is InChI=1S/C13H24N4O/c1-13(2,3)16-9-11-8-15-10-17(11)7-5-4-6-12(14)18/h8,10,16H,4-7,9H2,1-3H3,(H2,14,18). The van der Waals surface area contributed by atoms with Crippen molar-refractivity contribution in [1.82, 2.24) is 14.9 Å². The largest absolute Gasteiger partial charge is 0.370 e. The third-order valence-corrected chi connectivity index (χ3v) is 2.67. The van der Waals surface area contributed by atoms with Crippen molar-refractivity contribution in [2.75, 3.05) is 0 Å². The first-order chi connectivity index (χ1) is 8.38. The molecular weight excluding hydrogens is 228 g/mol. The Labute approximate surface area is 109 Å². The van der Waals surface area contributed by atoms with E-state index in [2.05, 4.69) is 35.6 Å². The number of unbranched alkanes of at least 4 members (excludes halogenated alkanes) is 1. The third kappa shape index (κ3) is 5.82. The van der Waals surface area contributed by atoms with E-state index in [1.165, 1.54) is 5.69 Å². The van der Waals surface area contributed by atoms with Crippen molar-refractivity contribution in [2.45, 2.75) is 58.7 Å². The van der Waals surface area contributed by atoms with Crippen LogP contribution in [0.15, 0.2) is 12.5 Å². The second-order valence-electron chi connectivity index (χ2n) is 5.61. The van der Waals surface area contributed by atoms with Crippen LogP contribution in [0.25, 0.3) is 0 Å². The third-order valence-electron chi connectivity index (χ3n) is 2.67. The molecule has 1 rings (SSSR count). The smallest absolute Gasteiger partial charge is 0.217 e. The summed E-state index contributed by atoms with van der Waals surface area (Å²) in [5.41, 5.74) is 6.38. The molecule has 1 aromatic rings. The van der Waals surface area contributed by atoms with Gasteiger partial charge in [-0.15, -0.1) is 0 Å². The molecule has 0 bridgehead atoms. The number of hydrogen-bond acceptors (Lipinski definition) is 3. The second-order valence-corrected chi connectivity index (χ2v) is 5.61. The van der Waals surface area contributed by atoms with Gasteiger partial charge in [-0.2, -0.15) is 0 Å². The summed E-state index contributed by atoms with van der Waals surface area (Å²) < 4.78 is 2.12. The maximum Gasteiger partial charge on any atom is 0.217 e. The van der Waals surface area contributed by atoms with E-state index >= 15 is 0 Å².